The van der Waals surface area contributed by atoms with Crippen LogP contribution in [0, 0.1) is 0 Å². The molecule has 3 rings (SSSR count). The Kier molecular flexibility index (Phi) is 5.01. The standard InChI is InChI=1S/C17H25N5O2/c1-21(2)10-11-24-13-6-4-12(5-7-13)14-8-9-15(23-3)16-19-17(18)20-22(14)16/h4-7,14-15H,8-11H2,1-3H3,(H2,18,20). The molecule has 1 aliphatic rings. The molecule has 2 unspecified atom stereocenters. The predicted octanol–water partition coefficient (Wildman–Crippen LogP) is 1.87. The van der Waals surface area contributed by atoms with Gasteiger partial charge in [0.05, 0.1) is 6.04 Å². The minimum atomic E-state index is -0.0420. The fraction of sp³-hybridized carbons (Fsp3) is 0.529. The SMILES string of the molecule is COC1CCC(c2ccc(OCCN(C)C)cc2)n2nc(N)nc21. The molecule has 1 aromatic heterocycles. The van der Waals surface area contributed by atoms with Gasteiger partial charge in [0, 0.05) is 13.7 Å². The highest BCUT2D eigenvalue weighted by atomic mass is 16.5. The maximum Gasteiger partial charge on any atom is 0.239 e. The lowest BCUT2D eigenvalue weighted by atomic mass is 9.96. The van der Waals surface area contributed by atoms with Gasteiger partial charge in [-0.05, 0) is 44.6 Å². The van der Waals surface area contributed by atoms with Gasteiger partial charge in [-0.2, -0.15) is 4.98 Å². The molecule has 0 bridgehead atoms. The molecule has 2 N–H and O–H groups in total. The average molecular weight is 331 g/mol. The molecule has 1 aromatic carbocycles. The van der Waals surface area contributed by atoms with E-state index < -0.39 is 0 Å². The van der Waals surface area contributed by atoms with Crippen molar-refractivity contribution in [3.63, 3.8) is 0 Å². The van der Waals surface area contributed by atoms with Crippen LogP contribution in [0.5, 0.6) is 5.75 Å². The molecule has 0 saturated heterocycles. The molecule has 0 aliphatic carbocycles. The molecule has 7 nitrogen and oxygen atoms in total. The van der Waals surface area contributed by atoms with Crippen LogP contribution in [-0.4, -0.2) is 54.0 Å². The molecule has 130 valence electrons. The molecule has 24 heavy (non-hydrogen) atoms. The van der Waals surface area contributed by atoms with Crippen molar-refractivity contribution in [1.29, 1.82) is 0 Å². The van der Waals surface area contributed by atoms with Crippen molar-refractivity contribution >= 4 is 5.95 Å². The predicted molar refractivity (Wildman–Crippen MR) is 92.0 cm³/mol. The lowest BCUT2D eigenvalue weighted by Gasteiger charge is -2.28. The average Bonchev–Trinajstić information content (AvgIpc) is 2.95. The van der Waals surface area contributed by atoms with Gasteiger partial charge < -0.3 is 20.1 Å². The first-order valence-electron chi connectivity index (χ1n) is 8.20. The van der Waals surface area contributed by atoms with Crippen LogP contribution in [-0.2, 0) is 4.74 Å². The van der Waals surface area contributed by atoms with Gasteiger partial charge in [-0.3, -0.25) is 0 Å². The van der Waals surface area contributed by atoms with Gasteiger partial charge in [0.25, 0.3) is 0 Å². The summed E-state index contributed by atoms with van der Waals surface area (Å²) in [5.41, 5.74) is 6.97. The fourth-order valence-electron chi connectivity index (χ4n) is 3.03. The molecule has 2 heterocycles. The van der Waals surface area contributed by atoms with Crippen molar-refractivity contribution in [3.8, 4) is 5.75 Å². The molecular formula is C17H25N5O2. The van der Waals surface area contributed by atoms with E-state index in [2.05, 4.69) is 27.1 Å². The smallest absolute Gasteiger partial charge is 0.239 e. The number of ether oxygens (including phenoxy) is 2. The highest BCUT2D eigenvalue weighted by molar-refractivity contribution is 5.31. The molecule has 0 amide bonds. The van der Waals surface area contributed by atoms with Gasteiger partial charge in [-0.25, -0.2) is 4.68 Å². The van der Waals surface area contributed by atoms with Crippen molar-refractivity contribution in [2.45, 2.75) is 25.0 Å². The number of nitrogens with two attached hydrogens (primary N) is 1. The number of rotatable bonds is 6. The van der Waals surface area contributed by atoms with Crippen molar-refractivity contribution in [1.82, 2.24) is 19.7 Å². The van der Waals surface area contributed by atoms with Gasteiger partial charge in [0.1, 0.15) is 18.5 Å². The minimum absolute atomic E-state index is 0.0420. The van der Waals surface area contributed by atoms with E-state index >= 15 is 0 Å². The zero-order valence-electron chi connectivity index (χ0n) is 14.5. The maximum absolute atomic E-state index is 5.80. The number of nitrogen functional groups attached to an aromatic ring is 1. The molecule has 2 aromatic rings. The molecule has 7 heteroatoms. The Morgan fingerprint density at radius 1 is 1.25 bits per heavy atom. The largest absolute Gasteiger partial charge is 0.492 e. The summed E-state index contributed by atoms with van der Waals surface area (Å²) in [7, 11) is 5.76. The van der Waals surface area contributed by atoms with Crippen LogP contribution < -0.4 is 10.5 Å². The number of nitrogens with zero attached hydrogens (tertiary/aromatic N) is 4. The molecule has 0 radical (unpaired) electrons. The highest BCUT2D eigenvalue weighted by Gasteiger charge is 2.31. The zero-order chi connectivity index (χ0) is 17.1. The summed E-state index contributed by atoms with van der Waals surface area (Å²) in [6, 6.07) is 8.32. The van der Waals surface area contributed by atoms with Crippen molar-refractivity contribution in [2.24, 2.45) is 0 Å². The third kappa shape index (κ3) is 3.52. The van der Waals surface area contributed by atoms with Crippen LogP contribution in [0.15, 0.2) is 24.3 Å². The molecular weight excluding hydrogens is 306 g/mol. The monoisotopic (exact) mass is 331 g/mol. The van der Waals surface area contributed by atoms with Crippen molar-refractivity contribution < 1.29 is 9.47 Å². The van der Waals surface area contributed by atoms with Crippen molar-refractivity contribution in [2.75, 3.05) is 40.1 Å². The maximum atomic E-state index is 5.80. The Bertz CT molecular complexity index is 668. The first kappa shape index (κ1) is 16.7. The number of hydrogen-bond donors (Lipinski definition) is 1. The number of benzene rings is 1. The summed E-state index contributed by atoms with van der Waals surface area (Å²) in [5.74, 6) is 1.98. The fourth-order valence-corrected chi connectivity index (χ4v) is 3.03. The first-order chi connectivity index (χ1) is 11.6. The molecule has 1 aliphatic heterocycles. The van der Waals surface area contributed by atoms with E-state index in [1.807, 2.05) is 30.9 Å². The zero-order valence-corrected chi connectivity index (χ0v) is 14.5. The lowest BCUT2D eigenvalue weighted by molar-refractivity contribution is 0.0648. The van der Waals surface area contributed by atoms with E-state index in [9.17, 15) is 0 Å². The minimum Gasteiger partial charge on any atom is -0.492 e. The van der Waals surface area contributed by atoms with E-state index in [1.54, 1.807) is 7.11 Å². The van der Waals surface area contributed by atoms with Gasteiger partial charge in [-0.1, -0.05) is 12.1 Å². The third-order valence-corrected chi connectivity index (χ3v) is 4.32. The van der Waals surface area contributed by atoms with E-state index in [0.29, 0.717) is 12.6 Å². The Morgan fingerprint density at radius 2 is 2.00 bits per heavy atom. The number of anilines is 1. The van der Waals surface area contributed by atoms with E-state index in [4.69, 9.17) is 15.2 Å². The number of hydrogen-bond acceptors (Lipinski definition) is 6. The van der Waals surface area contributed by atoms with E-state index in [1.165, 1.54) is 5.56 Å². The second-order valence-electron chi connectivity index (χ2n) is 6.31. The van der Waals surface area contributed by atoms with Gasteiger partial charge >= 0.3 is 0 Å². The quantitative estimate of drug-likeness (QED) is 0.870. The normalized spacial score (nSPS) is 20.2. The summed E-state index contributed by atoms with van der Waals surface area (Å²) >= 11 is 0. The molecule has 0 spiro atoms. The van der Waals surface area contributed by atoms with E-state index in [-0.39, 0.29) is 12.1 Å². The lowest BCUT2D eigenvalue weighted by Crippen LogP contribution is -2.24. The van der Waals surface area contributed by atoms with Crippen LogP contribution in [0.3, 0.4) is 0 Å². The summed E-state index contributed by atoms with van der Waals surface area (Å²) in [4.78, 5) is 6.43. The summed E-state index contributed by atoms with van der Waals surface area (Å²) in [6.45, 7) is 1.57. The Hall–Kier alpha value is -2.12. The second-order valence-corrected chi connectivity index (χ2v) is 6.31. The van der Waals surface area contributed by atoms with Gasteiger partial charge in [0.15, 0.2) is 5.82 Å². The molecule has 2 atom stereocenters. The Labute approximate surface area is 142 Å². The number of fused-ring (bicyclic) bond motifs is 1. The van der Waals surface area contributed by atoms with Crippen molar-refractivity contribution in [3.05, 3.63) is 35.7 Å². The number of aromatic nitrogens is 3. The number of likely N-dealkylation sites (N-methyl/N-ethyl adjacent to an activating group) is 1. The van der Waals surface area contributed by atoms with Crippen LogP contribution in [0.25, 0.3) is 0 Å². The summed E-state index contributed by atoms with van der Waals surface area (Å²) < 4.78 is 13.1. The van der Waals surface area contributed by atoms with Crippen LogP contribution in [0.2, 0.25) is 0 Å². The van der Waals surface area contributed by atoms with Gasteiger partial charge in [-0.15, -0.1) is 5.10 Å². The van der Waals surface area contributed by atoms with E-state index in [0.717, 1.165) is 31.0 Å². The Morgan fingerprint density at radius 3 is 2.67 bits per heavy atom. The van der Waals surface area contributed by atoms with Crippen LogP contribution in [0.1, 0.15) is 36.4 Å². The third-order valence-electron chi connectivity index (χ3n) is 4.32. The number of methoxy groups -OCH3 is 1. The first-order valence-corrected chi connectivity index (χ1v) is 8.20. The second kappa shape index (κ2) is 7.19. The van der Waals surface area contributed by atoms with Crippen LogP contribution in [0.4, 0.5) is 5.95 Å². The van der Waals surface area contributed by atoms with Crippen LogP contribution >= 0.6 is 0 Å². The highest BCUT2D eigenvalue weighted by Crippen LogP contribution is 2.36. The summed E-state index contributed by atoms with van der Waals surface area (Å²) in [5, 5.41) is 4.37. The Balaban J connectivity index is 1.75. The topological polar surface area (TPSA) is 78.4 Å². The van der Waals surface area contributed by atoms with Gasteiger partial charge in [0.2, 0.25) is 5.95 Å². The molecule has 0 fully saturated rings. The summed E-state index contributed by atoms with van der Waals surface area (Å²) in [6.07, 6.45) is 1.80. The molecule has 0 saturated carbocycles.